The maximum atomic E-state index is 11.8. The van der Waals surface area contributed by atoms with E-state index in [-0.39, 0.29) is 16.9 Å². The number of hydrogen-bond donors (Lipinski definition) is 1. The van der Waals surface area contributed by atoms with Gasteiger partial charge in [0.2, 0.25) is 0 Å². The molecule has 1 N–H and O–H groups in total. The zero-order valence-electron chi connectivity index (χ0n) is 7.28. The number of aromatic carboxylic acids is 1. The van der Waals surface area contributed by atoms with Gasteiger partial charge in [-0.2, -0.15) is 14.0 Å². The van der Waals surface area contributed by atoms with Crippen LogP contribution in [0.4, 0.5) is 8.78 Å². The Balaban J connectivity index is 3.12. The number of rotatable bonds is 3. The van der Waals surface area contributed by atoms with E-state index in [4.69, 9.17) is 10.4 Å². The van der Waals surface area contributed by atoms with Crippen molar-refractivity contribution in [1.29, 1.82) is 5.26 Å². The molecule has 0 atom stereocenters. The van der Waals surface area contributed by atoms with Crippen LogP contribution in [0.3, 0.4) is 0 Å². The molecule has 0 amide bonds. The highest BCUT2D eigenvalue weighted by atomic mass is 19.3. The number of nitrogens with zero attached hydrogens (tertiary/aromatic N) is 1. The second-order valence-electron chi connectivity index (χ2n) is 2.50. The molecule has 15 heavy (non-hydrogen) atoms. The maximum Gasteiger partial charge on any atom is 0.387 e. The lowest BCUT2D eigenvalue weighted by molar-refractivity contribution is -0.0499. The highest BCUT2D eigenvalue weighted by Gasteiger charge is 2.13. The number of carbonyl (C=O) groups is 1. The Morgan fingerprint density at radius 3 is 2.67 bits per heavy atom. The summed E-state index contributed by atoms with van der Waals surface area (Å²) >= 11 is 0. The first-order valence-corrected chi connectivity index (χ1v) is 3.77. The van der Waals surface area contributed by atoms with Gasteiger partial charge in [-0.3, -0.25) is 0 Å². The summed E-state index contributed by atoms with van der Waals surface area (Å²) in [7, 11) is 0. The molecule has 0 fully saturated rings. The molecule has 0 saturated heterocycles. The Kier molecular flexibility index (Phi) is 3.18. The normalized spacial score (nSPS) is 9.73. The molecule has 6 heteroatoms. The van der Waals surface area contributed by atoms with Crippen molar-refractivity contribution >= 4 is 5.97 Å². The summed E-state index contributed by atoms with van der Waals surface area (Å²) in [5.74, 6) is -1.66. The number of nitriles is 1. The van der Waals surface area contributed by atoms with Crippen molar-refractivity contribution in [1.82, 2.24) is 0 Å². The Morgan fingerprint density at radius 2 is 2.20 bits per heavy atom. The summed E-state index contributed by atoms with van der Waals surface area (Å²) in [6, 6.07) is 4.74. The summed E-state index contributed by atoms with van der Waals surface area (Å²) in [6.07, 6.45) is 0. The summed E-state index contributed by atoms with van der Waals surface area (Å²) < 4.78 is 27.6. The van der Waals surface area contributed by atoms with Crippen LogP contribution >= 0.6 is 0 Å². The molecule has 0 saturated carbocycles. The number of halogens is 2. The van der Waals surface area contributed by atoms with Crippen molar-refractivity contribution in [3.05, 3.63) is 29.3 Å². The van der Waals surface area contributed by atoms with E-state index >= 15 is 0 Å². The van der Waals surface area contributed by atoms with Crippen LogP contribution in [0.2, 0.25) is 0 Å². The van der Waals surface area contributed by atoms with Crippen molar-refractivity contribution in [2.45, 2.75) is 6.61 Å². The second-order valence-corrected chi connectivity index (χ2v) is 2.50. The fraction of sp³-hybridized carbons (Fsp3) is 0.111. The van der Waals surface area contributed by atoms with E-state index in [9.17, 15) is 13.6 Å². The molecule has 1 aromatic carbocycles. The van der Waals surface area contributed by atoms with Crippen molar-refractivity contribution in [3.63, 3.8) is 0 Å². The summed E-state index contributed by atoms with van der Waals surface area (Å²) in [5, 5.41) is 17.2. The predicted molar refractivity (Wildman–Crippen MR) is 44.7 cm³/mol. The van der Waals surface area contributed by atoms with Gasteiger partial charge in [-0.15, -0.1) is 0 Å². The lowest BCUT2D eigenvalue weighted by Crippen LogP contribution is -2.05. The van der Waals surface area contributed by atoms with Gasteiger partial charge in [0.15, 0.2) is 0 Å². The van der Waals surface area contributed by atoms with E-state index in [0.29, 0.717) is 0 Å². The molecule has 0 heterocycles. The first-order chi connectivity index (χ1) is 7.04. The highest BCUT2D eigenvalue weighted by molar-refractivity contribution is 5.91. The van der Waals surface area contributed by atoms with E-state index in [0.717, 1.165) is 18.2 Å². The molecule has 0 spiro atoms. The third-order valence-corrected chi connectivity index (χ3v) is 1.57. The molecule has 0 aromatic heterocycles. The Labute approximate surface area is 83.3 Å². The molecule has 1 aromatic rings. The van der Waals surface area contributed by atoms with Crippen LogP contribution in [0.1, 0.15) is 15.9 Å². The van der Waals surface area contributed by atoms with Gasteiger partial charge in [0.05, 0.1) is 11.1 Å². The third kappa shape index (κ3) is 2.64. The molecular formula is C9H5F2NO3. The van der Waals surface area contributed by atoms with Gasteiger partial charge in [-0.25, -0.2) is 4.79 Å². The van der Waals surface area contributed by atoms with Gasteiger partial charge in [-0.1, -0.05) is 0 Å². The minimum atomic E-state index is -3.03. The first kappa shape index (κ1) is 10.9. The van der Waals surface area contributed by atoms with E-state index in [1.165, 1.54) is 0 Å². The number of alkyl halides is 2. The summed E-state index contributed by atoms with van der Waals surface area (Å²) in [5.41, 5.74) is -0.472. The van der Waals surface area contributed by atoms with Crippen molar-refractivity contribution in [2.75, 3.05) is 0 Å². The molecule has 0 aliphatic rings. The number of carboxylic acids is 1. The predicted octanol–water partition coefficient (Wildman–Crippen LogP) is 1.86. The van der Waals surface area contributed by atoms with Gasteiger partial charge in [-0.05, 0) is 18.2 Å². The molecule has 0 unspecified atom stereocenters. The minimum absolute atomic E-state index is 0.107. The fourth-order valence-electron chi connectivity index (χ4n) is 0.974. The van der Waals surface area contributed by atoms with Gasteiger partial charge < -0.3 is 9.84 Å². The smallest absolute Gasteiger partial charge is 0.387 e. The Hall–Kier alpha value is -2.16. The van der Waals surface area contributed by atoms with E-state index < -0.39 is 12.6 Å². The Bertz CT molecular complexity index is 426. The largest absolute Gasteiger partial charge is 0.478 e. The fourth-order valence-corrected chi connectivity index (χ4v) is 0.974. The zero-order chi connectivity index (χ0) is 11.4. The van der Waals surface area contributed by atoms with Crippen LogP contribution in [-0.2, 0) is 0 Å². The molecule has 4 nitrogen and oxygen atoms in total. The van der Waals surface area contributed by atoms with Crippen LogP contribution < -0.4 is 4.74 Å². The number of hydrogen-bond acceptors (Lipinski definition) is 3. The number of carboxylic acid groups (broad SMARTS) is 1. The van der Waals surface area contributed by atoms with Crippen molar-refractivity contribution in [3.8, 4) is 11.8 Å². The summed E-state index contributed by atoms with van der Waals surface area (Å²) in [6.45, 7) is -3.03. The third-order valence-electron chi connectivity index (χ3n) is 1.57. The minimum Gasteiger partial charge on any atom is -0.478 e. The molecule has 1 rings (SSSR count). The lowest BCUT2D eigenvalue weighted by Gasteiger charge is -2.05. The second kappa shape index (κ2) is 4.37. The van der Waals surface area contributed by atoms with Crippen molar-refractivity contribution < 1.29 is 23.4 Å². The Morgan fingerprint density at radius 1 is 1.53 bits per heavy atom. The lowest BCUT2D eigenvalue weighted by atomic mass is 10.1. The quantitative estimate of drug-likeness (QED) is 0.831. The first-order valence-electron chi connectivity index (χ1n) is 3.77. The highest BCUT2D eigenvalue weighted by Crippen LogP contribution is 2.19. The summed E-state index contributed by atoms with van der Waals surface area (Å²) in [4.78, 5) is 10.6. The standard InChI is InChI=1S/C9H5F2NO3/c10-9(11)15-6-2-1-5(4-12)7(3-6)8(13)14/h1-3,9H,(H,13,14). The van der Waals surface area contributed by atoms with Crippen LogP contribution in [-0.4, -0.2) is 17.7 Å². The van der Waals surface area contributed by atoms with Gasteiger partial charge in [0, 0.05) is 0 Å². The van der Waals surface area contributed by atoms with Crippen molar-refractivity contribution in [2.24, 2.45) is 0 Å². The van der Waals surface area contributed by atoms with Crippen LogP contribution in [0.15, 0.2) is 18.2 Å². The van der Waals surface area contributed by atoms with Gasteiger partial charge >= 0.3 is 12.6 Å². The molecule has 78 valence electrons. The van der Waals surface area contributed by atoms with Crippen LogP contribution in [0.25, 0.3) is 0 Å². The van der Waals surface area contributed by atoms with Crippen LogP contribution in [0, 0.1) is 11.3 Å². The molecule has 0 aliphatic carbocycles. The maximum absolute atomic E-state index is 11.8. The van der Waals surface area contributed by atoms with E-state index in [2.05, 4.69) is 4.74 Å². The van der Waals surface area contributed by atoms with Gasteiger partial charge in [0.1, 0.15) is 11.8 Å². The van der Waals surface area contributed by atoms with E-state index in [1.54, 1.807) is 6.07 Å². The molecule has 0 aliphatic heterocycles. The zero-order valence-corrected chi connectivity index (χ0v) is 7.28. The molecular weight excluding hydrogens is 208 g/mol. The average molecular weight is 213 g/mol. The number of ether oxygens (including phenoxy) is 1. The SMILES string of the molecule is N#Cc1ccc(OC(F)F)cc1C(=O)O. The topological polar surface area (TPSA) is 70.3 Å². The number of benzene rings is 1. The monoisotopic (exact) mass is 213 g/mol. The molecule has 0 radical (unpaired) electrons. The molecule has 0 bridgehead atoms. The van der Waals surface area contributed by atoms with Crippen LogP contribution in [0.5, 0.6) is 5.75 Å². The van der Waals surface area contributed by atoms with E-state index in [1.807, 2.05) is 0 Å². The van der Waals surface area contributed by atoms with Gasteiger partial charge in [0.25, 0.3) is 0 Å². The average Bonchev–Trinajstić information content (AvgIpc) is 2.16.